The molecule has 2 rings (SSSR count). The Morgan fingerprint density at radius 3 is 2.36 bits per heavy atom. The second-order valence-corrected chi connectivity index (χ2v) is 9.25. The second-order valence-electron chi connectivity index (χ2n) is 5.13. The Morgan fingerprint density at radius 2 is 1.76 bits per heavy atom. The number of carbonyl (C=O) groups is 1. The molecule has 2 aromatic carbocycles. The van der Waals surface area contributed by atoms with Gasteiger partial charge in [-0.25, -0.2) is 4.57 Å². The van der Waals surface area contributed by atoms with Gasteiger partial charge in [-0.15, -0.1) is 0 Å². The van der Waals surface area contributed by atoms with E-state index in [2.05, 4.69) is 5.32 Å². The van der Waals surface area contributed by atoms with Crippen LogP contribution in [0.5, 0.6) is 5.75 Å². The lowest BCUT2D eigenvalue weighted by Gasteiger charge is -2.17. The molecule has 0 fully saturated rings. The third-order valence-corrected chi connectivity index (χ3v) is 7.06. The van der Waals surface area contributed by atoms with E-state index in [-0.39, 0.29) is 5.91 Å². The van der Waals surface area contributed by atoms with E-state index in [0.717, 1.165) is 6.42 Å². The minimum Gasteiger partial charge on any atom is -0.417 e. The van der Waals surface area contributed by atoms with Crippen LogP contribution in [-0.2, 0) is 9.09 Å². The van der Waals surface area contributed by atoms with Crippen LogP contribution in [0, 0.1) is 0 Å². The fourth-order valence-corrected chi connectivity index (χ4v) is 5.43. The molecule has 0 aliphatic rings. The summed E-state index contributed by atoms with van der Waals surface area (Å²) in [6.07, 6.45) is 0.884. The molecular formula is C18H22NO4PS. The highest BCUT2D eigenvalue weighted by Crippen LogP contribution is 2.60. The molecule has 5 nitrogen and oxygen atoms in total. The van der Waals surface area contributed by atoms with Crippen LogP contribution < -0.4 is 9.84 Å². The van der Waals surface area contributed by atoms with E-state index in [1.54, 1.807) is 43.3 Å². The van der Waals surface area contributed by atoms with Gasteiger partial charge in [-0.2, -0.15) is 0 Å². The van der Waals surface area contributed by atoms with Crippen LogP contribution >= 0.6 is 18.2 Å². The molecule has 0 aliphatic carbocycles. The van der Waals surface area contributed by atoms with Gasteiger partial charge in [0.1, 0.15) is 5.75 Å². The van der Waals surface area contributed by atoms with Crippen LogP contribution in [-0.4, -0.2) is 18.3 Å². The minimum atomic E-state index is -3.22. The Morgan fingerprint density at radius 1 is 1.08 bits per heavy atom. The molecule has 7 heteroatoms. The first-order valence-corrected chi connectivity index (χ1v) is 11.2. The first kappa shape index (κ1) is 19.6. The van der Waals surface area contributed by atoms with Crippen molar-refractivity contribution < 1.29 is 18.4 Å². The number of rotatable bonds is 9. The average molecular weight is 379 g/mol. The van der Waals surface area contributed by atoms with Gasteiger partial charge in [-0.1, -0.05) is 25.1 Å². The molecule has 25 heavy (non-hydrogen) atoms. The van der Waals surface area contributed by atoms with E-state index in [9.17, 15) is 9.36 Å². The Balaban J connectivity index is 2.01. The zero-order chi connectivity index (χ0) is 18.1. The minimum absolute atomic E-state index is 0.187. The molecule has 0 bridgehead atoms. The molecule has 0 spiro atoms. The fourth-order valence-electron chi connectivity index (χ4n) is 1.97. The zero-order valence-corrected chi connectivity index (χ0v) is 16.0. The summed E-state index contributed by atoms with van der Waals surface area (Å²) in [5.41, 5.74) is 1.22. The van der Waals surface area contributed by atoms with Crippen molar-refractivity contribution in [2.45, 2.75) is 20.3 Å². The van der Waals surface area contributed by atoms with Gasteiger partial charge < -0.3 is 9.84 Å². The number of anilines is 1. The van der Waals surface area contributed by atoms with Crippen LogP contribution in [0.1, 0.15) is 30.6 Å². The summed E-state index contributed by atoms with van der Waals surface area (Å²) < 4.78 is 23.5. The smallest absolute Gasteiger partial charge is 0.417 e. The van der Waals surface area contributed by atoms with Gasteiger partial charge in [-0.3, -0.25) is 9.32 Å². The van der Waals surface area contributed by atoms with Gasteiger partial charge in [-0.05, 0) is 61.1 Å². The molecule has 0 saturated heterocycles. The maximum absolute atomic E-state index is 12.6. The number of hydrogen-bond donors (Lipinski definition) is 1. The molecule has 1 atom stereocenters. The van der Waals surface area contributed by atoms with E-state index in [4.69, 9.17) is 9.05 Å². The van der Waals surface area contributed by atoms with Gasteiger partial charge in [0, 0.05) is 17.0 Å². The van der Waals surface area contributed by atoms with Crippen molar-refractivity contribution in [2.75, 3.05) is 17.7 Å². The third-order valence-electron chi connectivity index (χ3n) is 3.11. The van der Waals surface area contributed by atoms with Crippen molar-refractivity contribution in [1.29, 1.82) is 0 Å². The largest absolute Gasteiger partial charge is 0.440 e. The normalized spacial score (nSPS) is 13.0. The van der Waals surface area contributed by atoms with Gasteiger partial charge in [0.2, 0.25) is 0 Å². The fraction of sp³-hybridized carbons (Fsp3) is 0.278. The van der Waals surface area contributed by atoms with Crippen molar-refractivity contribution in [1.82, 2.24) is 0 Å². The summed E-state index contributed by atoms with van der Waals surface area (Å²) in [5, 5.41) is 2.81. The maximum Gasteiger partial charge on any atom is 0.440 e. The molecule has 1 amide bonds. The summed E-state index contributed by atoms with van der Waals surface area (Å²) in [4.78, 5) is 12.1. The highest BCUT2D eigenvalue weighted by atomic mass is 32.7. The van der Waals surface area contributed by atoms with E-state index >= 15 is 0 Å². The van der Waals surface area contributed by atoms with E-state index in [1.165, 1.54) is 11.4 Å². The first-order valence-electron chi connectivity index (χ1n) is 8.11. The van der Waals surface area contributed by atoms with Crippen LogP contribution in [0.3, 0.4) is 0 Å². The second kappa shape index (κ2) is 9.66. The van der Waals surface area contributed by atoms with Crippen LogP contribution in [0.4, 0.5) is 5.69 Å². The summed E-state index contributed by atoms with van der Waals surface area (Å²) in [5.74, 6) is 0.952. The molecule has 134 valence electrons. The highest BCUT2D eigenvalue weighted by molar-refractivity contribution is 8.55. The Labute approximate surface area is 152 Å². The molecule has 0 aromatic heterocycles. The summed E-state index contributed by atoms with van der Waals surface area (Å²) >= 11 is 1.20. The SMILES string of the molecule is CCCSP(=O)(OCC)Oc1ccc(NC(=O)c2ccccc2)cc1. The number of benzene rings is 2. The van der Waals surface area contributed by atoms with Crippen molar-refractivity contribution in [3.05, 3.63) is 60.2 Å². The third kappa shape index (κ3) is 6.24. The number of hydrogen-bond acceptors (Lipinski definition) is 5. The van der Waals surface area contributed by atoms with E-state index in [1.807, 2.05) is 25.1 Å². The molecule has 0 aliphatic heterocycles. The topological polar surface area (TPSA) is 64.6 Å². The lowest BCUT2D eigenvalue weighted by molar-refractivity contribution is 0.102. The molecule has 1 N–H and O–H groups in total. The zero-order valence-electron chi connectivity index (χ0n) is 14.3. The van der Waals surface area contributed by atoms with Crippen LogP contribution in [0.2, 0.25) is 0 Å². The average Bonchev–Trinajstić information content (AvgIpc) is 2.62. The van der Waals surface area contributed by atoms with Gasteiger partial charge in [0.25, 0.3) is 5.91 Å². The van der Waals surface area contributed by atoms with Crippen molar-refractivity contribution in [2.24, 2.45) is 0 Å². The highest BCUT2D eigenvalue weighted by Gasteiger charge is 2.26. The predicted octanol–water partition coefficient (Wildman–Crippen LogP) is 5.61. The molecule has 2 aromatic rings. The van der Waals surface area contributed by atoms with Crippen molar-refractivity contribution >= 4 is 29.8 Å². The van der Waals surface area contributed by atoms with Crippen LogP contribution in [0.15, 0.2) is 54.6 Å². The van der Waals surface area contributed by atoms with E-state index < -0.39 is 6.80 Å². The van der Waals surface area contributed by atoms with Crippen LogP contribution in [0.25, 0.3) is 0 Å². The Bertz CT molecular complexity index is 722. The molecule has 0 heterocycles. The van der Waals surface area contributed by atoms with Gasteiger partial charge in [0.05, 0.1) is 6.61 Å². The summed E-state index contributed by atoms with van der Waals surface area (Å²) in [7, 11) is 0. The van der Waals surface area contributed by atoms with Crippen molar-refractivity contribution in [3.63, 3.8) is 0 Å². The number of amides is 1. The van der Waals surface area contributed by atoms with Crippen molar-refractivity contribution in [3.8, 4) is 5.75 Å². The molecular weight excluding hydrogens is 357 g/mol. The summed E-state index contributed by atoms with van der Waals surface area (Å²) in [6, 6.07) is 15.7. The quantitative estimate of drug-likeness (QED) is 0.574. The predicted molar refractivity (Wildman–Crippen MR) is 103 cm³/mol. The first-order chi connectivity index (χ1) is 12.1. The van der Waals surface area contributed by atoms with Gasteiger partial charge in [0.15, 0.2) is 0 Å². The Hall–Kier alpha value is -1.75. The molecule has 0 radical (unpaired) electrons. The van der Waals surface area contributed by atoms with Gasteiger partial charge >= 0.3 is 6.80 Å². The lowest BCUT2D eigenvalue weighted by Crippen LogP contribution is -2.11. The standard InChI is InChI=1S/C18H22NO4PS/c1-3-14-25-24(21,22-4-2)23-17-12-10-16(11-13-17)19-18(20)15-8-6-5-7-9-15/h5-13H,3-4,14H2,1-2H3,(H,19,20). The van der Waals surface area contributed by atoms with E-state index in [0.29, 0.717) is 29.4 Å². The number of carbonyl (C=O) groups excluding carboxylic acids is 1. The molecule has 1 unspecified atom stereocenters. The monoisotopic (exact) mass is 379 g/mol. The summed E-state index contributed by atoms with van der Waals surface area (Å²) in [6.45, 7) is 0.890. The Kier molecular flexibility index (Phi) is 7.56. The maximum atomic E-state index is 12.6. The lowest BCUT2D eigenvalue weighted by atomic mass is 10.2. The molecule has 0 saturated carbocycles. The number of nitrogens with one attached hydrogen (secondary N) is 1.